The van der Waals surface area contributed by atoms with Crippen molar-refractivity contribution in [1.82, 2.24) is 0 Å². The second-order valence-electron chi connectivity index (χ2n) is 5.84. The number of halogens is 1. The molecule has 0 unspecified atom stereocenters. The second kappa shape index (κ2) is 8.10. The van der Waals surface area contributed by atoms with Crippen molar-refractivity contribution in [1.29, 1.82) is 0 Å². The Bertz CT molecular complexity index is 945. The van der Waals surface area contributed by atoms with Gasteiger partial charge in [-0.25, -0.2) is 9.79 Å². The number of rotatable bonds is 6. The lowest BCUT2D eigenvalue weighted by Crippen LogP contribution is -2.05. The van der Waals surface area contributed by atoms with Gasteiger partial charge in [0.15, 0.2) is 17.2 Å². The number of benzene rings is 2. The van der Waals surface area contributed by atoms with Crippen molar-refractivity contribution in [2.45, 2.75) is 6.92 Å². The highest BCUT2D eigenvalue weighted by Gasteiger charge is 2.24. The van der Waals surface area contributed by atoms with Crippen LogP contribution >= 0.6 is 11.6 Å². The summed E-state index contributed by atoms with van der Waals surface area (Å²) in [5.74, 6) is 0.618. The largest absolute Gasteiger partial charge is 0.493 e. The van der Waals surface area contributed by atoms with Gasteiger partial charge in [0.1, 0.15) is 6.61 Å². The molecule has 6 heteroatoms. The highest BCUT2D eigenvalue weighted by molar-refractivity contribution is 6.32. The number of aliphatic imine (C=N–C) groups is 1. The molecule has 0 aliphatic carbocycles. The molecule has 0 radical (unpaired) electrons. The first kappa shape index (κ1) is 18.7. The van der Waals surface area contributed by atoms with Crippen molar-refractivity contribution >= 4 is 29.5 Å². The van der Waals surface area contributed by atoms with Crippen LogP contribution in [0.3, 0.4) is 0 Å². The minimum absolute atomic E-state index is 0.184. The molecule has 0 aromatic heterocycles. The van der Waals surface area contributed by atoms with Crippen LogP contribution in [-0.4, -0.2) is 25.6 Å². The fourth-order valence-electron chi connectivity index (χ4n) is 2.49. The van der Waals surface area contributed by atoms with E-state index >= 15 is 0 Å². The smallest absolute Gasteiger partial charge is 0.363 e. The first-order valence-corrected chi connectivity index (χ1v) is 8.60. The number of nitrogens with zero attached hydrogens (tertiary/aromatic N) is 1. The zero-order valence-corrected chi connectivity index (χ0v) is 15.7. The van der Waals surface area contributed by atoms with Gasteiger partial charge in [-0.15, -0.1) is 0 Å². The lowest BCUT2D eigenvalue weighted by molar-refractivity contribution is -0.129. The van der Waals surface area contributed by atoms with Crippen molar-refractivity contribution in [2.75, 3.05) is 13.7 Å². The summed E-state index contributed by atoms with van der Waals surface area (Å²) >= 11 is 6.29. The maximum Gasteiger partial charge on any atom is 0.363 e. The number of cyclic esters (lactones) is 1. The van der Waals surface area contributed by atoms with E-state index in [0.29, 0.717) is 28.7 Å². The Morgan fingerprint density at radius 3 is 2.67 bits per heavy atom. The maximum atomic E-state index is 12.2. The summed E-state index contributed by atoms with van der Waals surface area (Å²) in [6, 6.07) is 11.0. The summed E-state index contributed by atoms with van der Waals surface area (Å²) in [5.41, 5.74) is 2.67. The Morgan fingerprint density at radius 1 is 1.26 bits per heavy atom. The van der Waals surface area contributed by atoms with Gasteiger partial charge >= 0.3 is 5.97 Å². The number of hydrogen-bond donors (Lipinski definition) is 0. The molecule has 2 aromatic carbocycles. The zero-order chi connectivity index (χ0) is 19.4. The van der Waals surface area contributed by atoms with Crippen molar-refractivity contribution in [3.8, 4) is 11.5 Å². The predicted molar refractivity (Wildman–Crippen MR) is 105 cm³/mol. The van der Waals surface area contributed by atoms with E-state index in [1.165, 1.54) is 7.11 Å². The van der Waals surface area contributed by atoms with Crippen LogP contribution in [0, 0.1) is 6.92 Å². The molecule has 2 aromatic rings. The van der Waals surface area contributed by atoms with E-state index in [0.717, 1.165) is 11.1 Å². The van der Waals surface area contributed by atoms with E-state index in [1.54, 1.807) is 24.3 Å². The standard InChI is InChI=1S/C21H18ClNO4/c1-4-9-26-19-16(22)10-14(12-18(19)25-3)11-17-21(24)27-20(23-17)15-7-5-13(2)6-8-15/h4-8,10-12H,1,9H2,2-3H3/b17-11+. The number of carbonyl (C=O) groups excluding carboxylic acids is 1. The third-order valence-electron chi connectivity index (χ3n) is 3.82. The molecule has 1 aliphatic rings. The van der Waals surface area contributed by atoms with Crippen LogP contribution in [0.4, 0.5) is 0 Å². The number of aryl methyl sites for hydroxylation is 1. The molecule has 0 fully saturated rings. The van der Waals surface area contributed by atoms with Gasteiger partial charge in [0.05, 0.1) is 12.1 Å². The summed E-state index contributed by atoms with van der Waals surface area (Å²) in [5, 5.41) is 0.358. The molecule has 138 valence electrons. The van der Waals surface area contributed by atoms with Crippen molar-refractivity contribution in [2.24, 2.45) is 4.99 Å². The van der Waals surface area contributed by atoms with E-state index < -0.39 is 5.97 Å². The van der Waals surface area contributed by atoms with Crippen molar-refractivity contribution < 1.29 is 19.0 Å². The van der Waals surface area contributed by atoms with E-state index in [4.69, 9.17) is 25.8 Å². The Morgan fingerprint density at radius 2 is 2.00 bits per heavy atom. The van der Waals surface area contributed by atoms with Gasteiger partial charge in [0.25, 0.3) is 0 Å². The van der Waals surface area contributed by atoms with Gasteiger partial charge < -0.3 is 14.2 Å². The Kier molecular flexibility index (Phi) is 5.62. The fourth-order valence-corrected chi connectivity index (χ4v) is 2.77. The van der Waals surface area contributed by atoms with Crippen LogP contribution in [0.2, 0.25) is 5.02 Å². The summed E-state index contributed by atoms with van der Waals surface area (Å²) < 4.78 is 16.1. The Labute approximate surface area is 162 Å². The van der Waals surface area contributed by atoms with Gasteiger partial charge in [-0.1, -0.05) is 42.0 Å². The Hall–Kier alpha value is -3.05. The topological polar surface area (TPSA) is 57.1 Å². The maximum absolute atomic E-state index is 12.2. The van der Waals surface area contributed by atoms with Gasteiger partial charge in [-0.3, -0.25) is 0 Å². The molecule has 3 rings (SSSR count). The molecule has 0 saturated carbocycles. The molecule has 1 heterocycles. The first-order chi connectivity index (χ1) is 13.0. The van der Waals surface area contributed by atoms with E-state index in [2.05, 4.69) is 11.6 Å². The van der Waals surface area contributed by atoms with Crippen LogP contribution in [0.1, 0.15) is 16.7 Å². The first-order valence-electron chi connectivity index (χ1n) is 8.22. The molecule has 1 aliphatic heterocycles. The highest BCUT2D eigenvalue weighted by atomic mass is 35.5. The molecule has 5 nitrogen and oxygen atoms in total. The fraction of sp³-hybridized carbons (Fsp3) is 0.143. The average Bonchev–Trinajstić information content (AvgIpc) is 3.01. The van der Waals surface area contributed by atoms with Gasteiger partial charge in [0.2, 0.25) is 5.90 Å². The van der Waals surface area contributed by atoms with E-state index in [1.807, 2.05) is 31.2 Å². The third-order valence-corrected chi connectivity index (χ3v) is 4.10. The molecule has 0 amide bonds. The molecule has 27 heavy (non-hydrogen) atoms. The monoisotopic (exact) mass is 383 g/mol. The lowest BCUT2D eigenvalue weighted by atomic mass is 10.1. The molecule has 0 spiro atoms. The molecule has 0 N–H and O–H groups in total. The highest BCUT2D eigenvalue weighted by Crippen LogP contribution is 2.37. The normalized spacial score (nSPS) is 14.7. The van der Waals surface area contributed by atoms with Crippen LogP contribution in [0.15, 0.2) is 59.7 Å². The molecule has 0 bridgehead atoms. The SMILES string of the molecule is C=CCOc1c(Cl)cc(/C=C2/N=C(c3ccc(C)cc3)OC2=O)cc1OC. The van der Waals surface area contributed by atoms with E-state index in [-0.39, 0.29) is 11.6 Å². The molecule has 0 saturated heterocycles. The minimum Gasteiger partial charge on any atom is -0.493 e. The summed E-state index contributed by atoms with van der Waals surface area (Å²) in [6.45, 7) is 5.89. The summed E-state index contributed by atoms with van der Waals surface area (Å²) in [6.07, 6.45) is 3.21. The number of ether oxygens (including phenoxy) is 3. The number of esters is 1. The number of hydrogen-bond acceptors (Lipinski definition) is 5. The van der Waals surface area contributed by atoms with Crippen molar-refractivity contribution in [3.05, 3.63) is 76.5 Å². The molecular formula is C21H18ClNO4. The minimum atomic E-state index is -0.521. The molecular weight excluding hydrogens is 366 g/mol. The third kappa shape index (κ3) is 4.20. The summed E-state index contributed by atoms with van der Waals surface area (Å²) in [4.78, 5) is 16.5. The lowest BCUT2D eigenvalue weighted by Gasteiger charge is -2.12. The second-order valence-corrected chi connectivity index (χ2v) is 6.24. The van der Waals surface area contributed by atoms with Crippen LogP contribution in [-0.2, 0) is 9.53 Å². The average molecular weight is 384 g/mol. The van der Waals surface area contributed by atoms with Crippen LogP contribution < -0.4 is 9.47 Å². The van der Waals surface area contributed by atoms with Gasteiger partial charge in [0, 0.05) is 5.56 Å². The number of methoxy groups -OCH3 is 1. The molecule has 0 atom stereocenters. The quantitative estimate of drug-likeness (QED) is 0.416. The van der Waals surface area contributed by atoms with Crippen LogP contribution in [0.25, 0.3) is 6.08 Å². The van der Waals surface area contributed by atoms with Crippen LogP contribution in [0.5, 0.6) is 11.5 Å². The van der Waals surface area contributed by atoms with Gasteiger partial charge in [-0.05, 0) is 42.8 Å². The van der Waals surface area contributed by atoms with Crippen molar-refractivity contribution in [3.63, 3.8) is 0 Å². The zero-order valence-electron chi connectivity index (χ0n) is 15.0. The van der Waals surface area contributed by atoms with Gasteiger partial charge in [-0.2, -0.15) is 0 Å². The predicted octanol–water partition coefficient (Wildman–Crippen LogP) is 4.57. The summed E-state index contributed by atoms with van der Waals surface area (Å²) in [7, 11) is 1.51. The number of carbonyl (C=O) groups is 1. The van der Waals surface area contributed by atoms with E-state index in [9.17, 15) is 4.79 Å². The Balaban J connectivity index is 1.93.